The molecule has 1 unspecified atom stereocenters. The molecule has 1 aliphatic rings. The molecule has 1 N–H and O–H groups in total. The third-order valence-corrected chi connectivity index (χ3v) is 6.04. The Morgan fingerprint density at radius 2 is 1.60 bits per heavy atom. The number of anilines is 1. The lowest BCUT2D eigenvalue weighted by atomic mass is 10.1. The Hall–Kier alpha value is -4.00. The van der Waals surface area contributed by atoms with Crippen molar-refractivity contribution in [2.45, 2.75) is 25.4 Å². The number of rotatable bonds is 9. The second-order valence-corrected chi connectivity index (χ2v) is 8.25. The van der Waals surface area contributed by atoms with Gasteiger partial charge in [0.25, 0.3) is 5.91 Å². The van der Waals surface area contributed by atoms with E-state index in [1.54, 1.807) is 25.2 Å². The molecule has 0 saturated heterocycles. The van der Waals surface area contributed by atoms with Gasteiger partial charge in [-0.25, -0.2) is 0 Å². The van der Waals surface area contributed by atoms with Crippen molar-refractivity contribution in [1.29, 1.82) is 0 Å². The zero-order chi connectivity index (χ0) is 24.6. The molecule has 7 heteroatoms. The van der Waals surface area contributed by atoms with Crippen molar-refractivity contribution < 1.29 is 23.8 Å². The molecule has 0 aromatic heterocycles. The van der Waals surface area contributed by atoms with Crippen LogP contribution in [0.2, 0.25) is 0 Å². The Bertz CT molecular complexity index is 1140. The Morgan fingerprint density at radius 1 is 0.914 bits per heavy atom. The molecule has 3 aromatic carbocycles. The van der Waals surface area contributed by atoms with Crippen molar-refractivity contribution >= 4 is 17.5 Å². The first-order valence-corrected chi connectivity index (χ1v) is 11.7. The smallest absolute Gasteiger partial charge is 0.262 e. The van der Waals surface area contributed by atoms with Crippen LogP contribution in [0.5, 0.6) is 17.2 Å². The quantitative estimate of drug-likeness (QED) is 0.511. The number of ether oxygens (including phenoxy) is 3. The fourth-order valence-electron chi connectivity index (χ4n) is 4.24. The summed E-state index contributed by atoms with van der Waals surface area (Å²) >= 11 is 0. The van der Waals surface area contributed by atoms with Crippen LogP contribution in [0, 0.1) is 0 Å². The van der Waals surface area contributed by atoms with Gasteiger partial charge in [0.15, 0.2) is 6.10 Å². The zero-order valence-corrected chi connectivity index (χ0v) is 20.0. The predicted octanol–water partition coefficient (Wildman–Crippen LogP) is 3.79. The molecular formula is C28H30N2O5. The van der Waals surface area contributed by atoms with E-state index >= 15 is 0 Å². The minimum Gasteiger partial charge on any atom is -0.496 e. The maximum atomic E-state index is 13.4. The van der Waals surface area contributed by atoms with Gasteiger partial charge in [-0.05, 0) is 42.7 Å². The highest BCUT2D eigenvalue weighted by atomic mass is 16.5. The summed E-state index contributed by atoms with van der Waals surface area (Å²) in [7, 11) is 3.19. The Balaban J connectivity index is 1.44. The van der Waals surface area contributed by atoms with E-state index in [4.69, 9.17) is 14.2 Å². The molecular weight excluding hydrogens is 444 g/mol. The van der Waals surface area contributed by atoms with Crippen molar-refractivity contribution in [1.82, 2.24) is 5.32 Å². The third-order valence-electron chi connectivity index (χ3n) is 6.04. The van der Waals surface area contributed by atoms with E-state index in [-0.39, 0.29) is 24.8 Å². The number of hydrogen-bond acceptors (Lipinski definition) is 5. The molecule has 7 nitrogen and oxygen atoms in total. The van der Waals surface area contributed by atoms with Crippen molar-refractivity contribution in [3.63, 3.8) is 0 Å². The van der Waals surface area contributed by atoms with Crippen molar-refractivity contribution in [2.75, 3.05) is 32.2 Å². The van der Waals surface area contributed by atoms with Crippen LogP contribution < -0.4 is 24.4 Å². The SMILES string of the molecule is COc1cccc(OC)c1CCC(=O)N1CC(C(=O)NCCc2ccccc2)Oc2ccccc21. The third kappa shape index (κ3) is 5.74. The molecule has 1 atom stereocenters. The second kappa shape index (κ2) is 11.4. The molecule has 3 aromatic rings. The molecule has 0 fully saturated rings. The van der Waals surface area contributed by atoms with Gasteiger partial charge in [-0.2, -0.15) is 0 Å². The van der Waals surface area contributed by atoms with Gasteiger partial charge in [0.1, 0.15) is 17.2 Å². The topological polar surface area (TPSA) is 77.1 Å². The highest BCUT2D eigenvalue weighted by Crippen LogP contribution is 2.35. The van der Waals surface area contributed by atoms with E-state index < -0.39 is 6.10 Å². The highest BCUT2D eigenvalue weighted by molar-refractivity contribution is 5.97. The summed E-state index contributed by atoms with van der Waals surface area (Å²) in [6.07, 6.45) is 0.608. The molecule has 0 saturated carbocycles. The normalized spacial score (nSPS) is 14.5. The van der Waals surface area contributed by atoms with Gasteiger partial charge in [-0.3, -0.25) is 9.59 Å². The monoisotopic (exact) mass is 474 g/mol. The zero-order valence-electron chi connectivity index (χ0n) is 20.0. The number of hydrogen-bond donors (Lipinski definition) is 1. The van der Waals surface area contributed by atoms with Gasteiger partial charge in [0.05, 0.1) is 26.5 Å². The number of methoxy groups -OCH3 is 2. The number of amides is 2. The van der Waals surface area contributed by atoms with Gasteiger partial charge in [-0.15, -0.1) is 0 Å². The van der Waals surface area contributed by atoms with Crippen LogP contribution in [-0.4, -0.2) is 45.2 Å². The molecule has 182 valence electrons. The van der Waals surface area contributed by atoms with Gasteiger partial charge >= 0.3 is 0 Å². The fraction of sp³-hybridized carbons (Fsp3) is 0.286. The van der Waals surface area contributed by atoms with Crippen molar-refractivity contribution in [3.8, 4) is 17.2 Å². The van der Waals surface area contributed by atoms with Crippen LogP contribution >= 0.6 is 0 Å². The summed E-state index contributed by atoms with van der Waals surface area (Å²) in [6, 6.07) is 22.8. The van der Waals surface area contributed by atoms with E-state index in [0.717, 1.165) is 17.5 Å². The standard InChI is InChI=1S/C28H30N2O5/c1-33-23-13-8-14-24(34-2)21(23)15-16-27(31)30-19-26(35-25-12-7-6-11-22(25)30)28(32)29-18-17-20-9-4-3-5-10-20/h3-14,26H,15-19H2,1-2H3,(H,29,32). The van der Waals surface area contributed by atoms with Gasteiger partial charge in [0, 0.05) is 18.5 Å². The highest BCUT2D eigenvalue weighted by Gasteiger charge is 2.33. The van der Waals surface area contributed by atoms with Gasteiger partial charge in [0.2, 0.25) is 5.91 Å². The minimum atomic E-state index is -0.787. The van der Waals surface area contributed by atoms with E-state index in [0.29, 0.717) is 35.9 Å². The second-order valence-electron chi connectivity index (χ2n) is 8.25. The van der Waals surface area contributed by atoms with E-state index in [1.807, 2.05) is 66.7 Å². The first kappa shape index (κ1) is 24.1. The lowest BCUT2D eigenvalue weighted by Gasteiger charge is -2.34. The Morgan fingerprint density at radius 3 is 2.31 bits per heavy atom. The number of benzene rings is 3. The number of nitrogens with zero attached hydrogens (tertiary/aromatic N) is 1. The molecule has 0 bridgehead atoms. The fourth-order valence-corrected chi connectivity index (χ4v) is 4.24. The molecule has 0 aliphatic carbocycles. The lowest BCUT2D eigenvalue weighted by molar-refractivity contribution is -0.128. The van der Waals surface area contributed by atoms with E-state index in [1.165, 1.54) is 0 Å². The summed E-state index contributed by atoms with van der Waals surface area (Å²) < 4.78 is 16.9. The first-order valence-electron chi connectivity index (χ1n) is 11.7. The molecule has 1 heterocycles. The van der Waals surface area contributed by atoms with Crippen molar-refractivity contribution in [2.24, 2.45) is 0 Å². The van der Waals surface area contributed by atoms with Gasteiger partial charge in [-0.1, -0.05) is 48.5 Å². The number of fused-ring (bicyclic) bond motifs is 1. The van der Waals surface area contributed by atoms with Crippen LogP contribution in [0.3, 0.4) is 0 Å². The summed E-state index contributed by atoms with van der Waals surface area (Å²) in [5, 5.41) is 2.94. The van der Waals surface area contributed by atoms with E-state index in [2.05, 4.69) is 5.32 Å². The lowest BCUT2D eigenvalue weighted by Crippen LogP contribution is -2.51. The average Bonchev–Trinajstić information content (AvgIpc) is 2.91. The average molecular weight is 475 g/mol. The van der Waals surface area contributed by atoms with Crippen LogP contribution in [0.1, 0.15) is 17.5 Å². The number of carbonyl (C=O) groups is 2. The Labute approximate surface area is 205 Å². The molecule has 0 radical (unpaired) electrons. The molecule has 1 aliphatic heterocycles. The summed E-state index contributed by atoms with van der Waals surface area (Å²) in [4.78, 5) is 27.9. The Kier molecular flexibility index (Phi) is 7.88. The molecule has 35 heavy (non-hydrogen) atoms. The predicted molar refractivity (Wildman–Crippen MR) is 134 cm³/mol. The minimum absolute atomic E-state index is 0.101. The summed E-state index contributed by atoms with van der Waals surface area (Å²) in [6.45, 7) is 0.641. The van der Waals surface area contributed by atoms with Gasteiger partial charge < -0.3 is 24.4 Å². The van der Waals surface area contributed by atoms with Crippen LogP contribution in [0.25, 0.3) is 0 Å². The van der Waals surface area contributed by atoms with Crippen LogP contribution in [0.4, 0.5) is 5.69 Å². The van der Waals surface area contributed by atoms with Crippen LogP contribution in [0.15, 0.2) is 72.8 Å². The van der Waals surface area contributed by atoms with E-state index in [9.17, 15) is 9.59 Å². The number of para-hydroxylation sites is 2. The molecule has 4 rings (SSSR count). The van der Waals surface area contributed by atoms with Crippen molar-refractivity contribution in [3.05, 3.63) is 83.9 Å². The maximum absolute atomic E-state index is 13.4. The maximum Gasteiger partial charge on any atom is 0.262 e. The summed E-state index contributed by atoms with van der Waals surface area (Å²) in [5.41, 5.74) is 2.65. The van der Waals surface area contributed by atoms with Crippen LogP contribution in [-0.2, 0) is 22.4 Å². The molecule has 0 spiro atoms. The number of carbonyl (C=O) groups excluding carboxylic acids is 2. The largest absolute Gasteiger partial charge is 0.496 e. The summed E-state index contributed by atoms with van der Waals surface area (Å²) in [5.74, 6) is 1.53. The number of nitrogens with one attached hydrogen (secondary N) is 1. The molecule has 2 amide bonds. The first-order chi connectivity index (χ1) is 17.1.